The highest BCUT2D eigenvalue weighted by atomic mass is 32.1. The molecule has 1 aromatic heterocycles. The molecule has 2 heterocycles. The first-order valence-corrected chi connectivity index (χ1v) is 7.66. The summed E-state index contributed by atoms with van der Waals surface area (Å²) in [6.45, 7) is 6.93. The van der Waals surface area contributed by atoms with Gasteiger partial charge in [-0.15, -0.1) is 11.3 Å². The summed E-state index contributed by atoms with van der Waals surface area (Å²) in [4.78, 5) is 7.04. The quantitative estimate of drug-likeness (QED) is 0.875. The molecule has 1 atom stereocenters. The Morgan fingerprint density at radius 1 is 1.56 bits per heavy atom. The number of rotatable bonds is 5. The second kappa shape index (κ2) is 5.65. The molecular weight excluding hydrogens is 246 g/mol. The van der Waals surface area contributed by atoms with Crippen LogP contribution in [0.15, 0.2) is 5.38 Å². The number of aromatic nitrogens is 1. The van der Waals surface area contributed by atoms with Crippen molar-refractivity contribution < 1.29 is 4.74 Å². The summed E-state index contributed by atoms with van der Waals surface area (Å²) in [6, 6.07) is 0.859. The lowest BCUT2D eigenvalue weighted by Crippen LogP contribution is -2.47. The van der Waals surface area contributed by atoms with E-state index in [0.29, 0.717) is 6.10 Å². The summed E-state index contributed by atoms with van der Waals surface area (Å²) in [5.74, 6) is 0. The van der Waals surface area contributed by atoms with Gasteiger partial charge in [-0.1, -0.05) is 0 Å². The maximum Gasteiger partial charge on any atom is 0.0897 e. The Kier molecular flexibility index (Phi) is 3.94. The summed E-state index contributed by atoms with van der Waals surface area (Å²) in [7, 11) is 0. The summed E-state index contributed by atoms with van der Waals surface area (Å²) < 4.78 is 5.81. The maximum absolute atomic E-state index is 5.81. The molecule has 0 bridgehead atoms. The van der Waals surface area contributed by atoms with Gasteiger partial charge < -0.3 is 10.1 Å². The van der Waals surface area contributed by atoms with Crippen molar-refractivity contribution >= 4 is 11.3 Å². The largest absolute Gasteiger partial charge is 0.374 e. The topological polar surface area (TPSA) is 37.4 Å². The second-order valence-electron chi connectivity index (χ2n) is 5.21. The van der Waals surface area contributed by atoms with Crippen molar-refractivity contribution in [2.45, 2.75) is 38.5 Å². The molecule has 0 aromatic carbocycles. The molecule has 0 radical (unpaired) electrons. The SMILES string of the molecule is Cc1nc(CNC[C@H]2CN(C3CC3)CCO2)cs1. The molecular formula is C13H21N3OS. The van der Waals surface area contributed by atoms with Crippen LogP contribution in [0, 0.1) is 6.92 Å². The first-order valence-electron chi connectivity index (χ1n) is 6.78. The van der Waals surface area contributed by atoms with Crippen LogP contribution >= 0.6 is 11.3 Å². The molecule has 18 heavy (non-hydrogen) atoms. The van der Waals surface area contributed by atoms with E-state index in [-0.39, 0.29) is 0 Å². The normalized spacial score (nSPS) is 25.5. The van der Waals surface area contributed by atoms with Crippen LogP contribution in [0.4, 0.5) is 0 Å². The van der Waals surface area contributed by atoms with Gasteiger partial charge in [0.15, 0.2) is 0 Å². The Labute approximate surface area is 112 Å². The van der Waals surface area contributed by atoms with E-state index in [1.54, 1.807) is 11.3 Å². The van der Waals surface area contributed by atoms with Crippen molar-refractivity contribution in [2.75, 3.05) is 26.2 Å². The lowest BCUT2D eigenvalue weighted by molar-refractivity contribution is -0.0301. The van der Waals surface area contributed by atoms with E-state index in [2.05, 4.69) is 20.6 Å². The predicted octanol–water partition coefficient (Wildman–Crippen LogP) is 1.40. The molecule has 1 aromatic rings. The first kappa shape index (κ1) is 12.5. The third kappa shape index (κ3) is 3.29. The molecule has 100 valence electrons. The van der Waals surface area contributed by atoms with Crippen molar-refractivity contribution in [3.05, 3.63) is 16.1 Å². The van der Waals surface area contributed by atoms with Gasteiger partial charge in [0.1, 0.15) is 0 Å². The first-order chi connectivity index (χ1) is 8.81. The zero-order valence-electron chi connectivity index (χ0n) is 10.9. The van der Waals surface area contributed by atoms with Crippen molar-refractivity contribution in [1.82, 2.24) is 15.2 Å². The summed E-state index contributed by atoms with van der Waals surface area (Å²) in [6.07, 6.45) is 3.12. The number of nitrogens with zero attached hydrogens (tertiary/aromatic N) is 2. The van der Waals surface area contributed by atoms with Crippen molar-refractivity contribution in [3.63, 3.8) is 0 Å². The van der Waals surface area contributed by atoms with Gasteiger partial charge in [0, 0.05) is 37.6 Å². The molecule has 1 saturated heterocycles. The van der Waals surface area contributed by atoms with Crippen LogP contribution in [0.2, 0.25) is 0 Å². The van der Waals surface area contributed by atoms with Gasteiger partial charge in [-0.3, -0.25) is 4.90 Å². The monoisotopic (exact) mass is 267 g/mol. The molecule has 0 unspecified atom stereocenters. The van der Waals surface area contributed by atoms with E-state index in [9.17, 15) is 0 Å². The number of nitrogens with one attached hydrogen (secondary N) is 1. The zero-order valence-corrected chi connectivity index (χ0v) is 11.7. The fourth-order valence-corrected chi connectivity index (χ4v) is 3.10. The summed E-state index contributed by atoms with van der Waals surface area (Å²) >= 11 is 1.71. The Balaban J connectivity index is 1.39. The Morgan fingerprint density at radius 3 is 3.17 bits per heavy atom. The second-order valence-corrected chi connectivity index (χ2v) is 6.27. The number of morpholine rings is 1. The van der Waals surface area contributed by atoms with Gasteiger partial charge in [-0.25, -0.2) is 4.98 Å². The molecule has 3 rings (SSSR count). The summed E-state index contributed by atoms with van der Waals surface area (Å²) in [5, 5.41) is 6.72. The fraction of sp³-hybridized carbons (Fsp3) is 0.769. The van der Waals surface area contributed by atoms with Gasteiger partial charge in [0.25, 0.3) is 0 Å². The van der Waals surface area contributed by atoms with Gasteiger partial charge >= 0.3 is 0 Å². The van der Waals surface area contributed by atoms with E-state index in [1.807, 2.05) is 6.92 Å². The lowest BCUT2D eigenvalue weighted by Gasteiger charge is -2.33. The highest BCUT2D eigenvalue weighted by Gasteiger charge is 2.32. The number of aryl methyl sites for hydroxylation is 1. The van der Waals surface area contributed by atoms with Gasteiger partial charge in [-0.05, 0) is 19.8 Å². The predicted molar refractivity (Wildman–Crippen MR) is 72.9 cm³/mol. The van der Waals surface area contributed by atoms with Crippen LogP contribution in [0.5, 0.6) is 0 Å². The van der Waals surface area contributed by atoms with Crippen molar-refractivity contribution in [1.29, 1.82) is 0 Å². The van der Waals surface area contributed by atoms with Crippen molar-refractivity contribution in [2.24, 2.45) is 0 Å². The van der Waals surface area contributed by atoms with Crippen LogP contribution in [0.25, 0.3) is 0 Å². The van der Waals surface area contributed by atoms with Crippen LogP contribution in [0.1, 0.15) is 23.5 Å². The van der Waals surface area contributed by atoms with Gasteiger partial charge in [0.2, 0.25) is 0 Å². The highest BCUT2D eigenvalue weighted by molar-refractivity contribution is 7.09. The van der Waals surface area contributed by atoms with Gasteiger partial charge in [0.05, 0.1) is 23.4 Å². The van der Waals surface area contributed by atoms with Crippen LogP contribution < -0.4 is 5.32 Å². The maximum atomic E-state index is 5.81. The minimum absolute atomic E-state index is 0.346. The smallest absolute Gasteiger partial charge is 0.0897 e. The molecule has 1 aliphatic heterocycles. The summed E-state index contributed by atoms with van der Waals surface area (Å²) in [5.41, 5.74) is 1.15. The van der Waals surface area contributed by atoms with E-state index in [0.717, 1.165) is 49.5 Å². The highest BCUT2D eigenvalue weighted by Crippen LogP contribution is 2.28. The molecule has 1 N–H and O–H groups in total. The third-order valence-corrected chi connectivity index (χ3v) is 4.40. The molecule has 4 nitrogen and oxygen atoms in total. The Hall–Kier alpha value is -0.490. The minimum Gasteiger partial charge on any atom is -0.374 e. The fourth-order valence-electron chi connectivity index (χ4n) is 2.49. The molecule has 5 heteroatoms. The number of ether oxygens (including phenoxy) is 1. The minimum atomic E-state index is 0.346. The lowest BCUT2D eigenvalue weighted by atomic mass is 10.2. The van der Waals surface area contributed by atoms with E-state index < -0.39 is 0 Å². The Bertz CT molecular complexity index is 391. The molecule has 1 aliphatic carbocycles. The molecule has 2 fully saturated rings. The average molecular weight is 267 g/mol. The van der Waals surface area contributed by atoms with Crippen molar-refractivity contribution in [3.8, 4) is 0 Å². The third-order valence-electron chi connectivity index (χ3n) is 3.58. The van der Waals surface area contributed by atoms with E-state index in [4.69, 9.17) is 4.74 Å². The molecule has 0 amide bonds. The standard InChI is InChI=1S/C13H21N3OS/c1-10-15-11(9-18-10)6-14-7-13-8-16(4-5-17-13)12-2-3-12/h9,12-14H,2-8H2,1H3/t13-/m0/s1. The number of hydrogen-bond acceptors (Lipinski definition) is 5. The van der Waals surface area contributed by atoms with Crippen LogP contribution in [-0.2, 0) is 11.3 Å². The number of thiazole rings is 1. The van der Waals surface area contributed by atoms with E-state index >= 15 is 0 Å². The number of hydrogen-bond donors (Lipinski definition) is 1. The Morgan fingerprint density at radius 2 is 2.44 bits per heavy atom. The molecule has 0 spiro atoms. The molecule has 1 saturated carbocycles. The average Bonchev–Trinajstić information content (AvgIpc) is 3.14. The van der Waals surface area contributed by atoms with Gasteiger partial charge in [-0.2, -0.15) is 0 Å². The zero-order chi connectivity index (χ0) is 12.4. The van der Waals surface area contributed by atoms with E-state index in [1.165, 1.54) is 12.8 Å². The van der Waals surface area contributed by atoms with Crippen LogP contribution in [-0.4, -0.2) is 48.3 Å². The molecule has 2 aliphatic rings. The van der Waals surface area contributed by atoms with Crippen LogP contribution in [0.3, 0.4) is 0 Å².